The van der Waals surface area contributed by atoms with Crippen molar-refractivity contribution >= 4 is 16.0 Å². The minimum atomic E-state index is -3.29. The third-order valence-electron chi connectivity index (χ3n) is 4.72. The van der Waals surface area contributed by atoms with Crippen molar-refractivity contribution in [2.24, 2.45) is 4.99 Å². The van der Waals surface area contributed by atoms with Crippen molar-refractivity contribution in [3.8, 4) is 0 Å². The molecule has 0 spiro atoms. The minimum Gasteiger partial charge on any atom is -0.378 e. The van der Waals surface area contributed by atoms with Gasteiger partial charge in [-0.1, -0.05) is 0 Å². The van der Waals surface area contributed by atoms with Crippen LogP contribution in [0.25, 0.3) is 0 Å². The van der Waals surface area contributed by atoms with Gasteiger partial charge in [-0.25, -0.2) is 8.42 Å². The lowest BCUT2D eigenvalue weighted by atomic mass is 10.2. The molecule has 1 saturated heterocycles. The molecule has 172 valence electrons. The maximum absolute atomic E-state index is 12.5. The maximum atomic E-state index is 12.5. The second-order valence-corrected chi connectivity index (χ2v) is 9.81. The number of guanidine groups is 1. The number of piperazine rings is 1. The molecule has 0 aliphatic carbocycles. The molecule has 0 amide bonds. The van der Waals surface area contributed by atoms with Crippen LogP contribution in [0.5, 0.6) is 0 Å². The summed E-state index contributed by atoms with van der Waals surface area (Å²) in [5.41, 5.74) is 0. The van der Waals surface area contributed by atoms with E-state index < -0.39 is 10.0 Å². The lowest BCUT2D eigenvalue weighted by molar-refractivity contribution is 0.0542. The van der Waals surface area contributed by atoms with Crippen molar-refractivity contribution in [2.75, 3.05) is 79.4 Å². The van der Waals surface area contributed by atoms with Gasteiger partial charge < -0.3 is 24.6 Å². The summed E-state index contributed by atoms with van der Waals surface area (Å²) in [4.78, 5) is 8.62. The summed E-state index contributed by atoms with van der Waals surface area (Å²) >= 11 is 0. The number of rotatable bonds is 12. The number of ether oxygens (including phenoxy) is 2. The van der Waals surface area contributed by atoms with E-state index in [4.69, 9.17) is 9.47 Å². The smallest absolute Gasteiger partial charge is 0.216 e. The van der Waals surface area contributed by atoms with Gasteiger partial charge in [-0.05, 0) is 41.3 Å². The first kappa shape index (κ1) is 26.1. The Bertz CT molecular complexity index is 575. The van der Waals surface area contributed by atoms with Gasteiger partial charge in [0.2, 0.25) is 10.0 Å². The van der Waals surface area contributed by atoms with Crippen molar-refractivity contribution in [1.29, 1.82) is 0 Å². The number of nitrogens with one attached hydrogen (secondary N) is 1. The highest BCUT2D eigenvalue weighted by Gasteiger charge is 2.28. The van der Waals surface area contributed by atoms with Crippen LogP contribution in [0.15, 0.2) is 4.99 Å². The van der Waals surface area contributed by atoms with Gasteiger partial charge in [0.1, 0.15) is 0 Å². The van der Waals surface area contributed by atoms with Gasteiger partial charge in [0.25, 0.3) is 0 Å². The number of sulfonamides is 1. The summed E-state index contributed by atoms with van der Waals surface area (Å²) in [6.07, 6.45) is 1.09. The molecular formula is C19H41N5O4S. The molecule has 0 bridgehead atoms. The second kappa shape index (κ2) is 13.4. The zero-order valence-electron chi connectivity index (χ0n) is 19.1. The quantitative estimate of drug-likeness (QED) is 0.348. The Labute approximate surface area is 177 Å². The molecule has 9 nitrogen and oxygen atoms in total. The highest BCUT2D eigenvalue weighted by Crippen LogP contribution is 2.09. The average Bonchev–Trinajstić information content (AvgIpc) is 2.66. The first-order valence-electron chi connectivity index (χ1n) is 10.5. The number of nitrogens with zero attached hydrogens (tertiary/aromatic N) is 4. The van der Waals surface area contributed by atoms with E-state index in [-0.39, 0.29) is 24.6 Å². The number of hydrogen-bond acceptors (Lipinski definition) is 6. The van der Waals surface area contributed by atoms with Crippen LogP contribution in [-0.4, -0.2) is 120 Å². The molecule has 1 atom stereocenters. The van der Waals surface area contributed by atoms with Gasteiger partial charge in [0, 0.05) is 52.9 Å². The molecule has 1 rings (SSSR count). The topological polar surface area (TPSA) is 86.7 Å². The molecule has 0 aromatic heterocycles. The Morgan fingerprint density at radius 2 is 1.83 bits per heavy atom. The first-order valence-corrected chi connectivity index (χ1v) is 12.1. The molecule has 1 unspecified atom stereocenters. The van der Waals surface area contributed by atoms with Crippen LogP contribution >= 0.6 is 0 Å². The van der Waals surface area contributed by atoms with E-state index in [2.05, 4.69) is 34.2 Å². The SMILES string of the molecule is CCOC(CCN(C)C)CNC(=NC)N1CCN(S(=O)(=O)CCOC(C)C)CC1. The van der Waals surface area contributed by atoms with Gasteiger partial charge in [-0.15, -0.1) is 0 Å². The zero-order valence-corrected chi connectivity index (χ0v) is 19.9. The van der Waals surface area contributed by atoms with Crippen LogP contribution in [0.3, 0.4) is 0 Å². The van der Waals surface area contributed by atoms with Gasteiger partial charge in [-0.3, -0.25) is 4.99 Å². The molecule has 29 heavy (non-hydrogen) atoms. The van der Waals surface area contributed by atoms with Crippen LogP contribution in [0.1, 0.15) is 27.2 Å². The summed E-state index contributed by atoms with van der Waals surface area (Å²) in [5.74, 6) is 0.819. The normalized spacial score (nSPS) is 17.9. The molecule has 0 radical (unpaired) electrons. The largest absolute Gasteiger partial charge is 0.378 e. The number of aliphatic imine (C=N–C) groups is 1. The molecule has 1 heterocycles. The number of hydrogen-bond donors (Lipinski definition) is 1. The Kier molecular flexibility index (Phi) is 12.0. The van der Waals surface area contributed by atoms with Crippen LogP contribution in [0.2, 0.25) is 0 Å². The molecule has 1 N–H and O–H groups in total. The molecule has 0 aromatic rings. The van der Waals surface area contributed by atoms with E-state index in [9.17, 15) is 8.42 Å². The fourth-order valence-electron chi connectivity index (χ4n) is 3.12. The van der Waals surface area contributed by atoms with Crippen LogP contribution in [0.4, 0.5) is 0 Å². The van der Waals surface area contributed by atoms with Crippen LogP contribution in [-0.2, 0) is 19.5 Å². The first-order chi connectivity index (χ1) is 13.7. The highest BCUT2D eigenvalue weighted by molar-refractivity contribution is 7.89. The van der Waals surface area contributed by atoms with Crippen molar-refractivity contribution in [3.05, 3.63) is 0 Å². The highest BCUT2D eigenvalue weighted by atomic mass is 32.2. The Morgan fingerprint density at radius 1 is 1.17 bits per heavy atom. The van der Waals surface area contributed by atoms with E-state index in [1.807, 2.05) is 20.8 Å². The predicted octanol–water partition coefficient (Wildman–Crippen LogP) is 0.291. The lowest BCUT2D eigenvalue weighted by Gasteiger charge is -2.36. The van der Waals surface area contributed by atoms with Crippen molar-refractivity contribution in [3.63, 3.8) is 0 Å². The van der Waals surface area contributed by atoms with Crippen molar-refractivity contribution in [2.45, 2.75) is 39.4 Å². The maximum Gasteiger partial charge on any atom is 0.216 e. The molecular weight excluding hydrogens is 394 g/mol. The molecule has 0 aromatic carbocycles. The summed E-state index contributed by atoms with van der Waals surface area (Å²) in [6, 6.07) is 0. The second-order valence-electron chi connectivity index (χ2n) is 7.72. The molecule has 0 saturated carbocycles. The molecule has 1 aliphatic heterocycles. The fraction of sp³-hybridized carbons (Fsp3) is 0.947. The fourth-order valence-corrected chi connectivity index (χ4v) is 4.40. The standard InChI is InChI=1S/C19H41N5O4S/c1-7-27-18(8-9-22(5)6)16-21-19(20-4)23-10-12-24(13-11-23)29(25,26)15-14-28-17(2)3/h17-18H,7-16H2,1-6H3,(H,20,21). The Morgan fingerprint density at radius 3 is 2.34 bits per heavy atom. The Hall–Kier alpha value is -0.940. The van der Waals surface area contributed by atoms with Crippen molar-refractivity contribution < 1.29 is 17.9 Å². The van der Waals surface area contributed by atoms with E-state index in [1.54, 1.807) is 11.4 Å². The van der Waals surface area contributed by atoms with Gasteiger partial charge >= 0.3 is 0 Å². The van der Waals surface area contributed by atoms with Gasteiger partial charge in [0.05, 0.1) is 24.6 Å². The third-order valence-corrected chi connectivity index (χ3v) is 6.56. The van der Waals surface area contributed by atoms with E-state index in [0.29, 0.717) is 39.3 Å². The van der Waals surface area contributed by atoms with E-state index >= 15 is 0 Å². The summed E-state index contributed by atoms with van der Waals surface area (Å²) in [7, 11) is 2.57. The summed E-state index contributed by atoms with van der Waals surface area (Å²) < 4.78 is 37.8. The zero-order chi connectivity index (χ0) is 21.9. The van der Waals surface area contributed by atoms with E-state index in [1.165, 1.54) is 0 Å². The lowest BCUT2D eigenvalue weighted by Crippen LogP contribution is -2.55. The summed E-state index contributed by atoms with van der Waals surface area (Å²) in [5, 5.41) is 3.39. The van der Waals surface area contributed by atoms with E-state index in [0.717, 1.165) is 18.9 Å². The van der Waals surface area contributed by atoms with Crippen molar-refractivity contribution in [1.82, 2.24) is 19.4 Å². The average molecular weight is 436 g/mol. The van der Waals surface area contributed by atoms with Crippen LogP contribution in [0, 0.1) is 0 Å². The minimum absolute atomic E-state index is 0.0278. The summed E-state index contributed by atoms with van der Waals surface area (Å²) in [6.45, 7) is 10.5. The monoisotopic (exact) mass is 435 g/mol. The van der Waals surface area contributed by atoms with Crippen LogP contribution < -0.4 is 5.32 Å². The molecule has 1 fully saturated rings. The molecule has 10 heteroatoms. The predicted molar refractivity (Wildman–Crippen MR) is 118 cm³/mol. The molecule has 1 aliphatic rings. The van der Waals surface area contributed by atoms with Gasteiger partial charge in [0.15, 0.2) is 5.96 Å². The third kappa shape index (κ3) is 10.1. The Balaban J connectivity index is 2.50. The van der Waals surface area contributed by atoms with Gasteiger partial charge in [-0.2, -0.15) is 4.31 Å².